The fraction of sp³-hybridized carbons (Fsp3) is 0.938. The number of nitrogens with two attached hydrogens (primary N) is 1. The number of amides is 1. The molecule has 2 aliphatic rings. The number of carbonyl (C=O) groups excluding carboxylic acids is 1. The number of rotatable bonds is 4. The minimum absolute atomic E-state index is 0. The molecule has 2 saturated carbocycles. The Kier molecular flexibility index (Phi) is 6.10. The fourth-order valence-corrected chi connectivity index (χ4v) is 3.74. The third kappa shape index (κ3) is 3.54. The molecular weight excluding hydrogens is 288 g/mol. The second-order valence-corrected chi connectivity index (χ2v) is 7.52. The van der Waals surface area contributed by atoms with Crippen LogP contribution in [0, 0.1) is 10.8 Å². The van der Waals surface area contributed by atoms with Crippen molar-refractivity contribution in [2.24, 2.45) is 16.6 Å². The Balaban J connectivity index is 0.00000220. The van der Waals surface area contributed by atoms with Crippen molar-refractivity contribution in [3.05, 3.63) is 0 Å². The molecule has 0 aliphatic heterocycles. The van der Waals surface area contributed by atoms with Gasteiger partial charge in [0.05, 0.1) is 12.1 Å². The van der Waals surface area contributed by atoms with Crippen molar-refractivity contribution in [1.29, 1.82) is 0 Å². The van der Waals surface area contributed by atoms with Crippen LogP contribution in [0.4, 0.5) is 0 Å². The molecule has 0 saturated heterocycles. The van der Waals surface area contributed by atoms with Gasteiger partial charge in [0.25, 0.3) is 0 Å². The smallest absolute Gasteiger partial charge is 0.237 e. The highest BCUT2D eigenvalue weighted by atomic mass is 35.5. The Morgan fingerprint density at radius 2 is 1.95 bits per heavy atom. The lowest BCUT2D eigenvalue weighted by atomic mass is 9.60. The highest BCUT2D eigenvalue weighted by Gasteiger charge is 2.57. The van der Waals surface area contributed by atoms with E-state index in [0.717, 1.165) is 13.0 Å². The van der Waals surface area contributed by atoms with Gasteiger partial charge in [0.1, 0.15) is 0 Å². The van der Waals surface area contributed by atoms with E-state index in [9.17, 15) is 4.79 Å². The molecule has 2 unspecified atom stereocenters. The molecule has 1 spiro atoms. The molecule has 0 aromatic rings. The summed E-state index contributed by atoms with van der Waals surface area (Å²) in [5.74, 6) is -0.0104. The van der Waals surface area contributed by atoms with Gasteiger partial charge in [-0.25, -0.2) is 0 Å². The van der Waals surface area contributed by atoms with Gasteiger partial charge in [-0.15, -0.1) is 12.4 Å². The summed E-state index contributed by atoms with van der Waals surface area (Å²) in [6.45, 7) is 8.82. The molecule has 1 amide bonds. The van der Waals surface area contributed by atoms with Crippen LogP contribution < -0.4 is 11.1 Å². The molecule has 0 heterocycles. The molecule has 0 aromatic heterocycles. The lowest BCUT2D eigenvalue weighted by molar-refractivity contribution is -0.146. The van der Waals surface area contributed by atoms with Gasteiger partial charge in [-0.1, -0.05) is 33.6 Å². The van der Waals surface area contributed by atoms with E-state index in [0.29, 0.717) is 6.10 Å². The molecule has 3 N–H and O–H groups in total. The van der Waals surface area contributed by atoms with Crippen molar-refractivity contribution in [2.45, 2.75) is 78.0 Å². The van der Waals surface area contributed by atoms with Crippen LogP contribution in [0.25, 0.3) is 0 Å². The second-order valence-electron chi connectivity index (χ2n) is 7.52. The summed E-state index contributed by atoms with van der Waals surface area (Å²) >= 11 is 0. The minimum Gasteiger partial charge on any atom is -0.378 e. The zero-order valence-corrected chi connectivity index (χ0v) is 14.6. The summed E-state index contributed by atoms with van der Waals surface area (Å²) < 4.78 is 5.87. The van der Waals surface area contributed by atoms with Crippen LogP contribution in [-0.4, -0.2) is 30.7 Å². The maximum Gasteiger partial charge on any atom is 0.237 e. The SMILES string of the molecule is CCOC1CC(NC(=O)[C@@H](N)C(C)(C)C)C12CCCC2.Cl. The van der Waals surface area contributed by atoms with Crippen LogP contribution in [0.2, 0.25) is 0 Å². The standard InChI is InChI=1S/C16H30N2O2.ClH/c1-5-20-12-10-11(16(12)8-6-7-9-16)18-14(19)13(17)15(2,3)4;/h11-13H,5-10,17H2,1-4H3,(H,18,19);1H/t11?,12?,13-;/m1./s1. The predicted octanol–water partition coefficient (Wildman–Crippen LogP) is 2.64. The van der Waals surface area contributed by atoms with E-state index in [1.807, 2.05) is 27.7 Å². The van der Waals surface area contributed by atoms with E-state index in [1.165, 1.54) is 25.7 Å². The van der Waals surface area contributed by atoms with Crippen molar-refractivity contribution < 1.29 is 9.53 Å². The Labute approximate surface area is 135 Å². The summed E-state index contributed by atoms with van der Waals surface area (Å²) in [7, 11) is 0. The molecule has 2 aliphatic carbocycles. The van der Waals surface area contributed by atoms with Gasteiger partial charge in [0.15, 0.2) is 0 Å². The van der Waals surface area contributed by atoms with Crippen LogP contribution in [0.1, 0.15) is 59.8 Å². The van der Waals surface area contributed by atoms with Crippen molar-refractivity contribution in [2.75, 3.05) is 6.61 Å². The maximum atomic E-state index is 12.3. The number of hydrogen-bond donors (Lipinski definition) is 2. The van der Waals surface area contributed by atoms with E-state index in [2.05, 4.69) is 5.32 Å². The molecule has 0 radical (unpaired) electrons. The minimum atomic E-state index is -0.452. The molecule has 21 heavy (non-hydrogen) atoms. The van der Waals surface area contributed by atoms with Crippen LogP contribution >= 0.6 is 12.4 Å². The number of carbonyl (C=O) groups is 1. The van der Waals surface area contributed by atoms with Gasteiger partial charge >= 0.3 is 0 Å². The van der Waals surface area contributed by atoms with Crippen LogP contribution in [0.3, 0.4) is 0 Å². The maximum absolute atomic E-state index is 12.3. The molecule has 2 fully saturated rings. The van der Waals surface area contributed by atoms with Crippen molar-refractivity contribution in [1.82, 2.24) is 5.32 Å². The molecule has 0 bridgehead atoms. The molecule has 4 nitrogen and oxygen atoms in total. The Morgan fingerprint density at radius 3 is 2.43 bits per heavy atom. The first-order valence-electron chi connectivity index (χ1n) is 7.99. The molecule has 3 atom stereocenters. The van der Waals surface area contributed by atoms with Crippen LogP contribution in [0.5, 0.6) is 0 Å². The van der Waals surface area contributed by atoms with Gasteiger partial charge in [-0.3, -0.25) is 4.79 Å². The van der Waals surface area contributed by atoms with Crippen molar-refractivity contribution in [3.63, 3.8) is 0 Å². The Morgan fingerprint density at radius 1 is 1.38 bits per heavy atom. The van der Waals surface area contributed by atoms with Crippen molar-refractivity contribution in [3.8, 4) is 0 Å². The number of hydrogen-bond acceptors (Lipinski definition) is 3. The monoisotopic (exact) mass is 318 g/mol. The first-order valence-corrected chi connectivity index (χ1v) is 7.99. The topological polar surface area (TPSA) is 64.3 Å². The van der Waals surface area contributed by atoms with E-state index < -0.39 is 6.04 Å². The van der Waals surface area contributed by atoms with Crippen LogP contribution in [-0.2, 0) is 9.53 Å². The van der Waals surface area contributed by atoms with E-state index in [4.69, 9.17) is 10.5 Å². The van der Waals surface area contributed by atoms with E-state index in [-0.39, 0.29) is 35.2 Å². The summed E-state index contributed by atoms with van der Waals surface area (Å²) in [5, 5.41) is 3.20. The van der Waals surface area contributed by atoms with E-state index >= 15 is 0 Å². The average Bonchev–Trinajstić information content (AvgIpc) is 2.87. The quantitative estimate of drug-likeness (QED) is 0.837. The third-order valence-corrected chi connectivity index (χ3v) is 5.22. The lowest BCUT2D eigenvalue weighted by Crippen LogP contribution is -2.66. The van der Waals surface area contributed by atoms with Gasteiger partial charge in [0, 0.05) is 18.1 Å². The number of nitrogens with one attached hydrogen (secondary N) is 1. The predicted molar refractivity (Wildman–Crippen MR) is 87.5 cm³/mol. The third-order valence-electron chi connectivity index (χ3n) is 5.22. The number of halogens is 1. The first-order chi connectivity index (χ1) is 9.31. The summed E-state index contributed by atoms with van der Waals surface area (Å²) in [6, 6.07) is -0.199. The number of ether oxygens (including phenoxy) is 1. The first kappa shape index (κ1) is 18.7. The molecule has 124 valence electrons. The zero-order valence-electron chi connectivity index (χ0n) is 13.8. The molecular formula is C16H31ClN2O2. The van der Waals surface area contributed by atoms with Gasteiger partial charge < -0.3 is 15.8 Å². The highest BCUT2D eigenvalue weighted by molar-refractivity contribution is 5.85. The van der Waals surface area contributed by atoms with Gasteiger partial charge in [0.2, 0.25) is 5.91 Å². The Hall–Kier alpha value is -0.320. The fourth-order valence-electron chi connectivity index (χ4n) is 3.74. The largest absolute Gasteiger partial charge is 0.378 e. The molecule has 2 rings (SSSR count). The molecule has 0 aromatic carbocycles. The van der Waals surface area contributed by atoms with Gasteiger partial charge in [-0.05, 0) is 31.6 Å². The Bertz CT molecular complexity index is 362. The van der Waals surface area contributed by atoms with Crippen molar-refractivity contribution >= 4 is 18.3 Å². The molecule has 5 heteroatoms. The lowest BCUT2D eigenvalue weighted by Gasteiger charge is -2.54. The van der Waals surface area contributed by atoms with Gasteiger partial charge in [-0.2, -0.15) is 0 Å². The normalized spacial score (nSPS) is 28.6. The summed E-state index contributed by atoms with van der Waals surface area (Å²) in [4.78, 5) is 12.3. The zero-order chi connectivity index (χ0) is 15.0. The summed E-state index contributed by atoms with van der Waals surface area (Å²) in [6.07, 6.45) is 6.12. The average molecular weight is 319 g/mol. The highest BCUT2D eigenvalue weighted by Crippen LogP contribution is 2.54. The summed E-state index contributed by atoms with van der Waals surface area (Å²) in [5.41, 5.74) is 6.04. The second kappa shape index (κ2) is 6.84. The van der Waals surface area contributed by atoms with E-state index in [1.54, 1.807) is 0 Å². The van der Waals surface area contributed by atoms with Crippen LogP contribution in [0.15, 0.2) is 0 Å².